The van der Waals surface area contributed by atoms with Crippen molar-refractivity contribution in [2.45, 2.75) is 62.6 Å². The van der Waals surface area contributed by atoms with Crippen molar-refractivity contribution < 1.29 is 4.74 Å². The average molecular weight is 289 g/mol. The SMILES string of the molecule is O=c1ccc(C2CC2)nn1C1CCC(NC2COC2)CC1. The summed E-state index contributed by atoms with van der Waals surface area (Å²) < 4.78 is 6.97. The lowest BCUT2D eigenvalue weighted by Gasteiger charge is -2.35. The summed E-state index contributed by atoms with van der Waals surface area (Å²) in [4.78, 5) is 12.1. The molecule has 0 bridgehead atoms. The van der Waals surface area contributed by atoms with E-state index in [9.17, 15) is 4.79 Å². The minimum absolute atomic E-state index is 0.0585. The molecule has 0 radical (unpaired) electrons. The number of nitrogens with one attached hydrogen (secondary N) is 1. The molecule has 5 heteroatoms. The maximum absolute atomic E-state index is 12.1. The lowest BCUT2D eigenvalue weighted by Crippen LogP contribution is -2.51. The highest BCUT2D eigenvalue weighted by Gasteiger charge is 2.29. The normalized spacial score (nSPS) is 30.1. The molecule has 3 aliphatic rings. The van der Waals surface area contributed by atoms with Gasteiger partial charge in [0.25, 0.3) is 5.56 Å². The molecule has 21 heavy (non-hydrogen) atoms. The van der Waals surface area contributed by atoms with Crippen molar-refractivity contribution in [3.8, 4) is 0 Å². The molecule has 114 valence electrons. The summed E-state index contributed by atoms with van der Waals surface area (Å²) in [7, 11) is 0. The molecule has 5 nitrogen and oxygen atoms in total. The number of hydrogen-bond acceptors (Lipinski definition) is 4. The van der Waals surface area contributed by atoms with E-state index in [1.807, 2.05) is 6.07 Å². The Balaban J connectivity index is 1.40. The standard InChI is InChI=1S/C16H23N3O2/c20-16-8-7-15(11-1-2-11)18-19(16)14-5-3-12(4-6-14)17-13-9-21-10-13/h7-8,11-14,17H,1-6,9-10H2. The Kier molecular flexibility index (Phi) is 3.55. The van der Waals surface area contributed by atoms with E-state index < -0.39 is 0 Å². The van der Waals surface area contributed by atoms with Crippen LogP contribution >= 0.6 is 0 Å². The number of aromatic nitrogens is 2. The zero-order valence-corrected chi connectivity index (χ0v) is 12.3. The first-order chi connectivity index (χ1) is 10.3. The molecule has 1 aliphatic heterocycles. The molecule has 0 spiro atoms. The van der Waals surface area contributed by atoms with Crippen molar-refractivity contribution in [1.82, 2.24) is 15.1 Å². The van der Waals surface area contributed by atoms with E-state index in [1.165, 1.54) is 12.8 Å². The van der Waals surface area contributed by atoms with Crippen molar-refractivity contribution in [3.63, 3.8) is 0 Å². The second-order valence-electron chi connectivity index (χ2n) is 6.72. The third-order valence-corrected chi connectivity index (χ3v) is 4.99. The van der Waals surface area contributed by atoms with Crippen LogP contribution in [0.1, 0.15) is 56.2 Å². The second kappa shape index (κ2) is 5.54. The van der Waals surface area contributed by atoms with Crippen LogP contribution in [-0.2, 0) is 4.74 Å². The third-order valence-electron chi connectivity index (χ3n) is 4.99. The lowest BCUT2D eigenvalue weighted by molar-refractivity contribution is -0.0126. The van der Waals surface area contributed by atoms with E-state index in [1.54, 1.807) is 10.7 Å². The highest BCUT2D eigenvalue weighted by molar-refractivity contribution is 5.13. The van der Waals surface area contributed by atoms with Gasteiger partial charge in [0, 0.05) is 18.0 Å². The zero-order chi connectivity index (χ0) is 14.2. The Labute approximate surface area is 124 Å². The van der Waals surface area contributed by atoms with Crippen LogP contribution in [0.25, 0.3) is 0 Å². The lowest BCUT2D eigenvalue weighted by atomic mass is 9.90. The summed E-state index contributed by atoms with van der Waals surface area (Å²) in [5, 5.41) is 8.28. The molecular weight excluding hydrogens is 266 g/mol. The zero-order valence-electron chi connectivity index (χ0n) is 12.3. The average Bonchev–Trinajstić information content (AvgIpc) is 3.29. The Morgan fingerprint density at radius 2 is 1.81 bits per heavy atom. The number of hydrogen-bond donors (Lipinski definition) is 1. The molecule has 1 saturated heterocycles. The van der Waals surface area contributed by atoms with E-state index >= 15 is 0 Å². The predicted molar refractivity (Wildman–Crippen MR) is 79.5 cm³/mol. The van der Waals surface area contributed by atoms with Crippen LogP contribution in [0.5, 0.6) is 0 Å². The summed E-state index contributed by atoms with van der Waals surface area (Å²) in [6.45, 7) is 1.70. The van der Waals surface area contributed by atoms with Crippen LogP contribution in [0.3, 0.4) is 0 Å². The van der Waals surface area contributed by atoms with Gasteiger partial charge in [-0.25, -0.2) is 4.68 Å². The largest absolute Gasteiger partial charge is 0.378 e. The van der Waals surface area contributed by atoms with E-state index in [4.69, 9.17) is 4.74 Å². The minimum Gasteiger partial charge on any atom is -0.378 e. The van der Waals surface area contributed by atoms with Gasteiger partial charge in [0.2, 0.25) is 0 Å². The van der Waals surface area contributed by atoms with E-state index in [2.05, 4.69) is 10.4 Å². The third kappa shape index (κ3) is 2.90. The first-order valence-corrected chi connectivity index (χ1v) is 8.23. The van der Waals surface area contributed by atoms with Gasteiger partial charge in [-0.2, -0.15) is 5.10 Å². The van der Waals surface area contributed by atoms with Crippen LogP contribution < -0.4 is 10.9 Å². The smallest absolute Gasteiger partial charge is 0.267 e. The van der Waals surface area contributed by atoms with Crippen LogP contribution in [0.4, 0.5) is 0 Å². The van der Waals surface area contributed by atoms with Crippen LogP contribution in [-0.4, -0.2) is 35.1 Å². The number of ether oxygens (including phenoxy) is 1. The molecule has 0 amide bonds. The summed E-state index contributed by atoms with van der Waals surface area (Å²) in [6, 6.07) is 5.03. The monoisotopic (exact) mass is 289 g/mol. The predicted octanol–water partition coefficient (Wildman–Crippen LogP) is 1.59. The molecule has 0 atom stereocenters. The van der Waals surface area contributed by atoms with Gasteiger partial charge in [-0.1, -0.05) is 0 Å². The fraction of sp³-hybridized carbons (Fsp3) is 0.750. The first kappa shape index (κ1) is 13.5. The van der Waals surface area contributed by atoms with Crippen molar-refractivity contribution >= 4 is 0 Å². The topological polar surface area (TPSA) is 56.2 Å². The van der Waals surface area contributed by atoms with Gasteiger partial charge < -0.3 is 10.1 Å². The summed E-state index contributed by atoms with van der Waals surface area (Å²) in [5.74, 6) is 0.605. The van der Waals surface area contributed by atoms with Gasteiger partial charge in [0.1, 0.15) is 0 Å². The highest BCUT2D eigenvalue weighted by atomic mass is 16.5. The molecule has 1 N–H and O–H groups in total. The van der Waals surface area contributed by atoms with Gasteiger partial charge >= 0.3 is 0 Å². The van der Waals surface area contributed by atoms with Crippen molar-refractivity contribution in [2.24, 2.45) is 0 Å². The highest BCUT2D eigenvalue weighted by Crippen LogP contribution is 2.38. The molecule has 2 saturated carbocycles. The maximum Gasteiger partial charge on any atom is 0.267 e. The van der Waals surface area contributed by atoms with Gasteiger partial charge in [0.15, 0.2) is 0 Å². The quantitative estimate of drug-likeness (QED) is 0.914. The molecule has 2 aliphatic carbocycles. The first-order valence-electron chi connectivity index (χ1n) is 8.23. The van der Waals surface area contributed by atoms with Crippen molar-refractivity contribution in [3.05, 3.63) is 28.2 Å². The van der Waals surface area contributed by atoms with Gasteiger partial charge in [-0.15, -0.1) is 0 Å². The second-order valence-corrected chi connectivity index (χ2v) is 6.72. The number of nitrogens with zero attached hydrogens (tertiary/aromatic N) is 2. The molecule has 1 aromatic heterocycles. The Morgan fingerprint density at radius 3 is 2.43 bits per heavy atom. The Morgan fingerprint density at radius 1 is 1.05 bits per heavy atom. The molecule has 0 unspecified atom stereocenters. The summed E-state index contributed by atoms with van der Waals surface area (Å²) in [5.41, 5.74) is 1.17. The van der Waals surface area contributed by atoms with E-state index in [0.29, 0.717) is 18.0 Å². The van der Waals surface area contributed by atoms with Crippen LogP contribution in [0.15, 0.2) is 16.9 Å². The molecule has 0 aromatic carbocycles. The fourth-order valence-electron chi connectivity index (χ4n) is 3.45. The molecule has 3 fully saturated rings. The molecule has 1 aromatic rings. The van der Waals surface area contributed by atoms with Crippen molar-refractivity contribution in [1.29, 1.82) is 0 Å². The van der Waals surface area contributed by atoms with Gasteiger partial charge in [-0.05, 0) is 44.6 Å². The van der Waals surface area contributed by atoms with E-state index in [-0.39, 0.29) is 11.6 Å². The molecule has 4 rings (SSSR count). The number of rotatable bonds is 4. The van der Waals surface area contributed by atoms with Crippen LogP contribution in [0, 0.1) is 0 Å². The van der Waals surface area contributed by atoms with Crippen molar-refractivity contribution in [2.75, 3.05) is 13.2 Å². The minimum atomic E-state index is 0.0585. The maximum atomic E-state index is 12.1. The molecule has 2 heterocycles. The summed E-state index contributed by atoms with van der Waals surface area (Å²) in [6.07, 6.45) is 6.81. The Bertz CT molecular complexity index is 555. The fourth-order valence-corrected chi connectivity index (χ4v) is 3.45. The Hall–Kier alpha value is -1.20. The summed E-state index contributed by atoms with van der Waals surface area (Å²) >= 11 is 0. The van der Waals surface area contributed by atoms with E-state index in [0.717, 1.165) is 44.6 Å². The molecular formula is C16H23N3O2. The van der Waals surface area contributed by atoms with Crippen LogP contribution in [0.2, 0.25) is 0 Å². The van der Waals surface area contributed by atoms with Gasteiger partial charge in [0.05, 0.1) is 31.0 Å². The van der Waals surface area contributed by atoms with Gasteiger partial charge in [-0.3, -0.25) is 4.79 Å².